The standard InChI is InChI=1S/C19H27ClFN5O/c1-19(2,17(22)27)26-9-7-25(8-10-26)18(23-3)24-15-11-12(15)16-13(20)5-4-6-14(16)21/h4-6,12,15H,7-11H2,1-3H3,(H2,22,27)(H,23,24). The molecule has 3 N–H and O–H groups in total. The largest absolute Gasteiger partial charge is 0.368 e. The fraction of sp³-hybridized carbons (Fsp3) is 0.579. The molecule has 0 radical (unpaired) electrons. The quantitative estimate of drug-likeness (QED) is 0.602. The zero-order valence-corrected chi connectivity index (χ0v) is 16.8. The van der Waals surface area contributed by atoms with Crippen molar-refractivity contribution in [2.75, 3.05) is 33.2 Å². The number of nitrogens with two attached hydrogens (primary N) is 1. The van der Waals surface area contributed by atoms with Gasteiger partial charge in [-0.05, 0) is 32.4 Å². The summed E-state index contributed by atoms with van der Waals surface area (Å²) < 4.78 is 14.1. The molecule has 1 aliphatic carbocycles. The first-order valence-corrected chi connectivity index (χ1v) is 9.60. The summed E-state index contributed by atoms with van der Waals surface area (Å²) in [5.74, 6) is 0.284. The van der Waals surface area contributed by atoms with Crippen molar-refractivity contribution >= 4 is 23.5 Å². The molecule has 1 aromatic rings. The van der Waals surface area contributed by atoms with Crippen molar-refractivity contribution in [3.05, 3.63) is 34.6 Å². The Hall–Kier alpha value is -1.86. The van der Waals surface area contributed by atoms with Crippen LogP contribution in [-0.2, 0) is 4.79 Å². The van der Waals surface area contributed by atoms with Gasteiger partial charge in [-0.1, -0.05) is 17.7 Å². The van der Waals surface area contributed by atoms with E-state index < -0.39 is 5.54 Å². The van der Waals surface area contributed by atoms with Gasteiger partial charge in [-0.3, -0.25) is 14.7 Å². The highest BCUT2D eigenvalue weighted by Gasteiger charge is 2.43. The molecule has 1 aromatic carbocycles. The van der Waals surface area contributed by atoms with Crippen LogP contribution in [0.2, 0.25) is 5.02 Å². The van der Waals surface area contributed by atoms with Crippen molar-refractivity contribution in [2.24, 2.45) is 10.7 Å². The van der Waals surface area contributed by atoms with Crippen LogP contribution in [0, 0.1) is 5.82 Å². The number of piperazine rings is 1. The Kier molecular flexibility index (Phi) is 5.63. The molecule has 2 atom stereocenters. The number of carbonyl (C=O) groups is 1. The van der Waals surface area contributed by atoms with Crippen molar-refractivity contribution in [2.45, 2.75) is 37.8 Å². The van der Waals surface area contributed by atoms with Crippen molar-refractivity contribution in [1.82, 2.24) is 15.1 Å². The number of hydrogen-bond donors (Lipinski definition) is 2. The molecule has 0 bridgehead atoms. The maximum Gasteiger partial charge on any atom is 0.237 e. The Morgan fingerprint density at radius 1 is 1.33 bits per heavy atom. The van der Waals surface area contributed by atoms with Gasteiger partial charge in [-0.2, -0.15) is 0 Å². The highest BCUT2D eigenvalue weighted by atomic mass is 35.5. The Morgan fingerprint density at radius 3 is 2.56 bits per heavy atom. The molecule has 1 amide bonds. The van der Waals surface area contributed by atoms with E-state index in [1.807, 2.05) is 13.8 Å². The number of nitrogens with one attached hydrogen (secondary N) is 1. The molecule has 0 aromatic heterocycles. The summed E-state index contributed by atoms with van der Waals surface area (Å²) in [5, 5.41) is 3.90. The van der Waals surface area contributed by atoms with E-state index in [1.54, 1.807) is 19.2 Å². The molecule has 2 fully saturated rings. The third kappa shape index (κ3) is 4.04. The van der Waals surface area contributed by atoms with E-state index in [0.717, 1.165) is 38.6 Å². The molecule has 2 unspecified atom stereocenters. The lowest BCUT2D eigenvalue weighted by Gasteiger charge is -2.43. The lowest BCUT2D eigenvalue weighted by atomic mass is 10.0. The van der Waals surface area contributed by atoms with Crippen LogP contribution in [-0.4, -0.2) is 66.5 Å². The lowest BCUT2D eigenvalue weighted by Crippen LogP contribution is -2.61. The molecule has 0 spiro atoms. The number of hydrogen-bond acceptors (Lipinski definition) is 3. The van der Waals surface area contributed by atoms with E-state index >= 15 is 0 Å². The molecule has 6 nitrogen and oxygen atoms in total. The zero-order chi connectivity index (χ0) is 19.8. The van der Waals surface area contributed by atoms with Crippen LogP contribution in [0.4, 0.5) is 4.39 Å². The van der Waals surface area contributed by atoms with Crippen LogP contribution in [0.1, 0.15) is 31.7 Å². The van der Waals surface area contributed by atoms with Gasteiger partial charge in [-0.25, -0.2) is 4.39 Å². The van der Waals surface area contributed by atoms with E-state index in [2.05, 4.69) is 20.1 Å². The first kappa shape index (κ1) is 19.9. The van der Waals surface area contributed by atoms with Gasteiger partial charge in [0.1, 0.15) is 5.82 Å². The zero-order valence-electron chi connectivity index (χ0n) is 16.0. The van der Waals surface area contributed by atoms with Gasteiger partial charge in [0.25, 0.3) is 0 Å². The Labute approximate surface area is 164 Å². The summed E-state index contributed by atoms with van der Waals surface area (Å²) in [4.78, 5) is 20.3. The Bertz CT molecular complexity index is 725. The van der Waals surface area contributed by atoms with Crippen LogP contribution in [0.25, 0.3) is 0 Å². The van der Waals surface area contributed by atoms with Crippen molar-refractivity contribution in [1.29, 1.82) is 0 Å². The van der Waals surface area contributed by atoms with Gasteiger partial charge in [0.05, 0.1) is 5.54 Å². The number of primary amides is 1. The first-order valence-electron chi connectivity index (χ1n) is 9.22. The van der Waals surface area contributed by atoms with Gasteiger partial charge < -0.3 is 16.0 Å². The summed E-state index contributed by atoms with van der Waals surface area (Å²) in [6.45, 7) is 6.65. The summed E-state index contributed by atoms with van der Waals surface area (Å²) in [5.41, 5.74) is 5.44. The lowest BCUT2D eigenvalue weighted by molar-refractivity contribution is -0.129. The molecule has 2 aliphatic rings. The minimum absolute atomic E-state index is 0.0607. The van der Waals surface area contributed by atoms with Crippen LogP contribution in [0.3, 0.4) is 0 Å². The van der Waals surface area contributed by atoms with Gasteiger partial charge in [0.2, 0.25) is 5.91 Å². The highest BCUT2D eigenvalue weighted by molar-refractivity contribution is 6.31. The fourth-order valence-electron chi connectivity index (χ4n) is 3.63. The SMILES string of the molecule is CN=C(NC1CC1c1c(F)cccc1Cl)N1CCN(C(C)(C)C(N)=O)CC1. The number of nitrogens with zero attached hydrogens (tertiary/aromatic N) is 3. The molecule has 1 aliphatic heterocycles. The number of halogens is 2. The van der Waals surface area contributed by atoms with Crippen LogP contribution in [0.5, 0.6) is 0 Å². The number of aliphatic imine (C=N–C) groups is 1. The van der Waals surface area contributed by atoms with E-state index in [-0.39, 0.29) is 23.7 Å². The van der Waals surface area contributed by atoms with Crippen molar-refractivity contribution in [3.8, 4) is 0 Å². The topological polar surface area (TPSA) is 74.0 Å². The second kappa shape index (κ2) is 7.64. The van der Waals surface area contributed by atoms with E-state index in [9.17, 15) is 9.18 Å². The molecule has 27 heavy (non-hydrogen) atoms. The molecule has 8 heteroatoms. The smallest absolute Gasteiger partial charge is 0.237 e. The second-order valence-electron chi connectivity index (χ2n) is 7.67. The molecule has 148 valence electrons. The average molecular weight is 396 g/mol. The number of carbonyl (C=O) groups excluding carboxylic acids is 1. The minimum Gasteiger partial charge on any atom is -0.368 e. The normalized spacial score (nSPS) is 24.0. The van der Waals surface area contributed by atoms with Gasteiger partial charge >= 0.3 is 0 Å². The molecule has 1 heterocycles. The van der Waals surface area contributed by atoms with Crippen LogP contribution >= 0.6 is 11.6 Å². The molecule has 1 saturated heterocycles. The van der Waals surface area contributed by atoms with Crippen LogP contribution < -0.4 is 11.1 Å². The maximum atomic E-state index is 14.1. The predicted octanol–water partition coefficient (Wildman–Crippen LogP) is 1.79. The minimum atomic E-state index is -0.661. The summed E-state index contributed by atoms with van der Waals surface area (Å²) in [7, 11) is 1.75. The molecule has 1 saturated carbocycles. The maximum absolute atomic E-state index is 14.1. The van der Waals surface area contributed by atoms with E-state index in [1.165, 1.54) is 6.07 Å². The van der Waals surface area contributed by atoms with E-state index in [0.29, 0.717) is 10.6 Å². The first-order chi connectivity index (χ1) is 12.8. The Balaban J connectivity index is 1.58. The van der Waals surface area contributed by atoms with Crippen LogP contribution in [0.15, 0.2) is 23.2 Å². The number of benzene rings is 1. The molecular formula is C19H27ClFN5O. The average Bonchev–Trinajstić information content (AvgIpc) is 3.38. The fourth-order valence-corrected chi connectivity index (χ4v) is 3.94. The third-order valence-corrected chi connectivity index (χ3v) is 5.99. The molecular weight excluding hydrogens is 369 g/mol. The summed E-state index contributed by atoms with van der Waals surface area (Å²) in [6, 6.07) is 4.92. The number of guanidine groups is 1. The summed E-state index contributed by atoms with van der Waals surface area (Å²) in [6.07, 6.45) is 0.828. The second-order valence-corrected chi connectivity index (χ2v) is 8.08. The monoisotopic (exact) mass is 395 g/mol. The van der Waals surface area contributed by atoms with E-state index in [4.69, 9.17) is 17.3 Å². The highest BCUT2D eigenvalue weighted by Crippen LogP contribution is 2.45. The Morgan fingerprint density at radius 2 is 2.00 bits per heavy atom. The van der Waals surface area contributed by atoms with Gasteiger partial charge in [0.15, 0.2) is 5.96 Å². The summed E-state index contributed by atoms with van der Waals surface area (Å²) >= 11 is 6.18. The number of rotatable bonds is 4. The van der Waals surface area contributed by atoms with Gasteiger partial charge in [-0.15, -0.1) is 0 Å². The van der Waals surface area contributed by atoms with Crippen molar-refractivity contribution in [3.63, 3.8) is 0 Å². The predicted molar refractivity (Wildman–Crippen MR) is 105 cm³/mol. The third-order valence-electron chi connectivity index (χ3n) is 5.66. The van der Waals surface area contributed by atoms with Crippen molar-refractivity contribution < 1.29 is 9.18 Å². The number of amides is 1. The van der Waals surface area contributed by atoms with Gasteiger partial charge in [0, 0.05) is 55.8 Å². The molecule has 3 rings (SSSR count).